The second-order valence-electron chi connectivity index (χ2n) is 7.41. The van der Waals surface area contributed by atoms with Gasteiger partial charge in [0.05, 0.1) is 13.2 Å². The summed E-state index contributed by atoms with van der Waals surface area (Å²) in [5.74, 6) is 2.53. The fourth-order valence-electron chi connectivity index (χ4n) is 3.38. The Balaban J connectivity index is 1.32. The van der Waals surface area contributed by atoms with Gasteiger partial charge in [0, 0.05) is 19.6 Å². The molecule has 8 nitrogen and oxygen atoms in total. The number of benzene rings is 1. The van der Waals surface area contributed by atoms with Gasteiger partial charge in [0.2, 0.25) is 11.6 Å². The molecular formula is C23H26N4O4. The van der Waals surface area contributed by atoms with Gasteiger partial charge in [-0.05, 0) is 49.7 Å². The molecule has 0 radical (unpaired) electrons. The Labute approximate surface area is 181 Å². The minimum atomic E-state index is 0.218. The number of ether oxygens (including phenoxy) is 2. The third-order valence-electron chi connectivity index (χ3n) is 5.02. The highest BCUT2D eigenvalue weighted by molar-refractivity contribution is 5.54. The summed E-state index contributed by atoms with van der Waals surface area (Å²) >= 11 is 0. The molecule has 0 unspecified atom stereocenters. The number of nitrogens with zero attached hydrogens (tertiary/aromatic N) is 3. The van der Waals surface area contributed by atoms with Gasteiger partial charge in [-0.25, -0.2) is 0 Å². The first-order valence-corrected chi connectivity index (χ1v) is 10.4. The number of rotatable bonds is 9. The first-order valence-electron chi connectivity index (χ1n) is 10.4. The van der Waals surface area contributed by atoms with E-state index in [9.17, 15) is 5.26 Å². The van der Waals surface area contributed by atoms with Crippen LogP contribution in [0.25, 0.3) is 11.7 Å². The summed E-state index contributed by atoms with van der Waals surface area (Å²) in [7, 11) is 0. The van der Waals surface area contributed by atoms with Gasteiger partial charge in [0.25, 0.3) is 5.89 Å². The quantitative estimate of drug-likeness (QED) is 0.520. The molecule has 1 aliphatic rings. The molecule has 1 N–H and O–H groups in total. The first kappa shape index (κ1) is 21.0. The van der Waals surface area contributed by atoms with Gasteiger partial charge in [-0.1, -0.05) is 12.1 Å². The van der Waals surface area contributed by atoms with Crippen molar-refractivity contribution in [2.45, 2.75) is 20.0 Å². The molecule has 0 atom stereocenters. The maximum atomic E-state index is 9.39. The Kier molecular flexibility index (Phi) is 6.87. The maximum Gasteiger partial charge on any atom is 0.266 e. The molecule has 0 bridgehead atoms. The zero-order valence-corrected chi connectivity index (χ0v) is 17.6. The fraction of sp³-hybridized carbons (Fsp3) is 0.391. The first-order chi connectivity index (χ1) is 15.2. The van der Waals surface area contributed by atoms with Crippen LogP contribution in [0.1, 0.15) is 23.4 Å². The van der Waals surface area contributed by atoms with Crippen LogP contribution < -0.4 is 10.1 Å². The molecule has 1 aliphatic heterocycles. The van der Waals surface area contributed by atoms with Gasteiger partial charge in [0.15, 0.2) is 5.76 Å². The van der Waals surface area contributed by atoms with Crippen LogP contribution in [0.5, 0.6) is 5.75 Å². The van der Waals surface area contributed by atoms with Crippen molar-refractivity contribution in [1.29, 1.82) is 5.26 Å². The van der Waals surface area contributed by atoms with Crippen molar-refractivity contribution >= 4 is 5.88 Å². The summed E-state index contributed by atoms with van der Waals surface area (Å²) in [5.41, 5.74) is 1.35. The molecule has 0 spiro atoms. The number of hydrogen-bond donors (Lipinski definition) is 1. The lowest BCUT2D eigenvalue weighted by Gasteiger charge is -2.26. The molecular weight excluding hydrogens is 396 g/mol. The van der Waals surface area contributed by atoms with Crippen LogP contribution in [0.15, 0.2) is 45.2 Å². The number of aryl methyl sites for hydroxylation is 1. The summed E-state index contributed by atoms with van der Waals surface area (Å²) < 4.78 is 22.7. The number of furan rings is 1. The Hall–Kier alpha value is -3.28. The molecule has 1 fully saturated rings. The summed E-state index contributed by atoms with van der Waals surface area (Å²) in [6.45, 7) is 7.48. The summed E-state index contributed by atoms with van der Waals surface area (Å²) in [4.78, 5) is 6.63. The molecule has 0 aliphatic carbocycles. The Morgan fingerprint density at radius 3 is 2.87 bits per heavy atom. The number of oxazole rings is 1. The highest BCUT2D eigenvalue weighted by Gasteiger charge is 2.17. The van der Waals surface area contributed by atoms with Gasteiger partial charge in [-0.15, -0.1) is 0 Å². The molecule has 0 amide bonds. The van der Waals surface area contributed by atoms with Crippen LogP contribution in [0, 0.1) is 18.3 Å². The average molecular weight is 422 g/mol. The average Bonchev–Trinajstić information content (AvgIpc) is 3.43. The van der Waals surface area contributed by atoms with E-state index in [-0.39, 0.29) is 11.6 Å². The summed E-state index contributed by atoms with van der Waals surface area (Å²) in [5, 5.41) is 12.6. The van der Waals surface area contributed by atoms with Crippen molar-refractivity contribution < 1.29 is 18.3 Å². The van der Waals surface area contributed by atoms with Crippen molar-refractivity contribution in [3.05, 3.63) is 53.4 Å². The highest BCUT2D eigenvalue weighted by Crippen LogP contribution is 2.27. The molecule has 8 heteroatoms. The molecule has 31 heavy (non-hydrogen) atoms. The molecule has 2 aromatic heterocycles. The summed E-state index contributed by atoms with van der Waals surface area (Å²) in [6, 6.07) is 13.5. The van der Waals surface area contributed by atoms with Crippen molar-refractivity contribution in [1.82, 2.24) is 9.88 Å². The van der Waals surface area contributed by atoms with Gasteiger partial charge in [-0.2, -0.15) is 10.2 Å². The van der Waals surface area contributed by atoms with Gasteiger partial charge >= 0.3 is 0 Å². The maximum absolute atomic E-state index is 9.39. The number of morpholine rings is 1. The van der Waals surface area contributed by atoms with E-state index < -0.39 is 0 Å². The van der Waals surface area contributed by atoms with E-state index in [1.165, 1.54) is 0 Å². The molecule has 3 aromatic rings. The lowest BCUT2D eigenvalue weighted by Crippen LogP contribution is -2.37. The largest absolute Gasteiger partial charge is 0.486 e. The van der Waals surface area contributed by atoms with E-state index in [0.29, 0.717) is 30.6 Å². The number of hydrogen-bond acceptors (Lipinski definition) is 8. The lowest BCUT2D eigenvalue weighted by atomic mass is 10.2. The van der Waals surface area contributed by atoms with Crippen LogP contribution in [-0.2, 0) is 11.3 Å². The van der Waals surface area contributed by atoms with E-state index in [1.54, 1.807) is 6.07 Å². The minimum Gasteiger partial charge on any atom is -0.486 e. The van der Waals surface area contributed by atoms with Crippen LogP contribution in [0.2, 0.25) is 0 Å². The summed E-state index contributed by atoms with van der Waals surface area (Å²) in [6.07, 6.45) is 0.933. The second kappa shape index (κ2) is 10.2. The van der Waals surface area contributed by atoms with E-state index in [2.05, 4.69) is 21.3 Å². The molecule has 1 saturated heterocycles. The zero-order valence-electron chi connectivity index (χ0n) is 17.6. The number of anilines is 1. The molecule has 3 heterocycles. The van der Waals surface area contributed by atoms with Gasteiger partial charge in [0.1, 0.15) is 24.2 Å². The normalized spacial score (nSPS) is 14.3. The lowest BCUT2D eigenvalue weighted by molar-refractivity contribution is 0.0378. The number of nitriles is 1. The Morgan fingerprint density at radius 1 is 1.19 bits per heavy atom. The fourth-order valence-corrected chi connectivity index (χ4v) is 3.38. The van der Waals surface area contributed by atoms with Crippen molar-refractivity contribution in [3.8, 4) is 23.5 Å². The third kappa shape index (κ3) is 5.66. The van der Waals surface area contributed by atoms with Crippen molar-refractivity contribution in [2.24, 2.45) is 0 Å². The standard InChI is InChI=1S/C23H26N4O4/c1-17-4-2-5-18(14-17)29-16-19-6-7-21(30-19)23-26-20(15-24)22(31-23)25-8-3-9-27-10-12-28-13-11-27/h2,4-7,14,25H,3,8-13,16H2,1H3. The molecule has 1 aromatic carbocycles. The van der Waals surface area contributed by atoms with Crippen molar-refractivity contribution in [3.63, 3.8) is 0 Å². The predicted molar refractivity (Wildman–Crippen MR) is 115 cm³/mol. The van der Waals surface area contributed by atoms with Crippen LogP contribution in [0.4, 0.5) is 5.88 Å². The Bertz CT molecular complexity index is 1030. The van der Waals surface area contributed by atoms with Crippen molar-refractivity contribution in [2.75, 3.05) is 44.7 Å². The minimum absolute atomic E-state index is 0.218. The molecule has 4 rings (SSSR count). The third-order valence-corrected chi connectivity index (χ3v) is 5.02. The second-order valence-corrected chi connectivity index (χ2v) is 7.41. The number of aromatic nitrogens is 1. The molecule has 162 valence electrons. The van der Waals surface area contributed by atoms with Crippen LogP contribution >= 0.6 is 0 Å². The smallest absolute Gasteiger partial charge is 0.266 e. The predicted octanol–water partition coefficient (Wildman–Crippen LogP) is 3.83. The van der Waals surface area contributed by atoms with E-state index in [1.807, 2.05) is 37.3 Å². The SMILES string of the molecule is Cc1cccc(OCc2ccc(-c3nc(C#N)c(NCCCN4CCOCC4)o3)o2)c1. The molecule has 0 saturated carbocycles. The monoisotopic (exact) mass is 422 g/mol. The topological polar surface area (TPSA) is 96.7 Å². The van der Waals surface area contributed by atoms with Crippen LogP contribution in [0.3, 0.4) is 0 Å². The van der Waals surface area contributed by atoms with Crippen LogP contribution in [-0.4, -0.2) is 49.3 Å². The zero-order chi connectivity index (χ0) is 21.5. The van der Waals surface area contributed by atoms with Gasteiger partial charge < -0.3 is 23.6 Å². The van der Waals surface area contributed by atoms with E-state index in [4.69, 9.17) is 18.3 Å². The number of nitrogens with one attached hydrogen (secondary N) is 1. The van der Waals surface area contributed by atoms with E-state index in [0.717, 1.165) is 50.6 Å². The Morgan fingerprint density at radius 2 is 2.06 bits per heavy atom. The highest BCUT2D eigenvalue weighted by atomic mass is 16.5. The van der Waals surface area contributed by atoms with Gasteiger partial charge in [-0.3, -0.25) is 4.90 Å². The van der Waals surface area contributed by atoms with E-state index >= 15 is 0 Å².